The van der Waals surface area contributed by atoms with Crippen LogP contribution in [-0.2, 0) is 5.33 Å². The van der Waals surface area contributed by atoms with E-state index in [0.717, 1.165) is 16.6 Å². The molecule has 0 fully saturated rings. The van der Waals surface area contributed by atoms with Gasteiger partial charge in [-0.3, -0.25) is 0 Å². The van der Waals surface area contributed by atoms with Crippen molar-refractivity contribution in [2.24, 2.45) is 0 Å². The molecule has 0 spiro atoms. The van der Waals surface area contributed by atoms with Crippen LogP contribution in [0.2, 0.25) is 0 Å². The summed E-state index contributed by atoms with van der Waals surface area (Å²) >= 11 is 6.52. The predicted molar refractivity (Wildman–Crippen MR) is 78.0 cm³/mol. The van der Waals surface area contributed by atoms with Crippen LogP contribution in [0.1, 0.15) is 11.1 Å². The number of hydrogen-bond acceptors (Lipinski definition) is 1. The second-order valence-corrected chi connectivity index (χ2v) is 5.33. The molecule has 2 rings (SSSR count). The van der Waals surface area contributed by atoms with E-state index in [1.54, 1.807) is 12.1 Å². The third kappa shape index (κ3) is 3.12. The molecule has 4 heteroatoms. The first-order valence-corrected chi connectivity index (χ1v) is 7.30. The SMILES string of the molecule is Cc1cc(CBr)ccc1Oc1ccc(Br)c(F)c1. The lowest BCUT2D eigenvalue weighted by molar-refractivity contribution is 0.472. The van der Waals surface area contributed by atoms with Gasteiger partial charge >= 0.3 is 0 Å². The molecule has 2 aromatic rings. The predicted octanol–water partition coefficient (Wildman–Crippen LogP) is 5.58. The Morgan fingerprint density at radius 1 is 1.17 bits per heavy atom. The quantitative estimate of drug-likeness (QED) is 0.637. The summed E-state index contributed by atoms with van der Waals surface area (Å²) in [6.45, 7) is 1.97. The van der Waals surface area contributed by atoms with Gasteiger partial charge in [0, 0.05) is 11.4 Å². The Labute approximate surface area is 122 Å². The molecule has 0 saturated heterocycles. The minimum Gasteiger partial charge on any atom is -0.457 e. The summed E-state index contributed by atoms with van der Waals surface area (Å²) in [4.78, 5) is 0. The van der Waals surface area contributed by atoms with Crippen LogP contribution in [0.5, 0.6) is 11.5 Å². The molecule has 0 aliphatic heterocycles. The van der Waals surface area contributed by atoms with Crippen molar-refractivity contribution < 1.29 is 9.13 Å². The van der Waals surface area contributed by atoms with E-state index in [0.29, 0.717) is 10.2 Å². The van der Waals surface area contributed by atoms with E-state index in [4.69, 9.17) is 4.74 Å². The number of hydrogen-bond donors (Lipinski definition) is 0. The zero-order valence-electron chi connectivity index (χ0n) is 9.71. The van der Waals surface area contributed by atoms with E-state index in [-0.39, 0.29) is 5.82 Å². The first-order chi connectivity index (χ1) is 8.60. The van der Waals surface area contributed by atoms with Crippen molar-refractivity contribution in [1.29, 1.82) is 0 Å². The summed E-state index contributed by atoms with van der Waals surface area (Å²) in [7, 11) is 0. The van der Waals surface area contributed by atoms with Crippen LogP contribution in [0.3, 0.4) is 0 Å². The van der Waals surface area contributed by atoms with Crippen molar-refractivity contribution in [3.05, 3.63) is 57.8 Å². The van der Waals surface area contributed by atoms with Gasteiger partial charge in [-0.05, 0) is 52.2 Å². The molecule has 94 valence electrons. The fraction of sp³-hybridized carbons (Fsp3) is 0.143. The average molecular weight is 374 g/mol. The Balaban J connectivity index is 2.25. The molecule has 0 saturated carbocycles. The maximum absolute atomic E-state index is 13.4. The Bertz CT molecular complexity index is 570. The third-order valence-electron chi connectivity index (χ3n) is 2.51. The van der Waals surface area contributed by atoms with Crippen LogP contribution in [0.4, 0.5) is 4.39 Å². The van der Waals surface area contributed by atoms with E-state index in [2.05, 4.69) is 31.9 Å². The molecule has 0 aliphatic rings. The van der Waals surface area contributed by atoms with Gasteiger partial charge in [0.05, 0.1) is 4.47 Å². The number of rotatable bonds is 3. The number of benzene rings is 2. The van der Waals surface area contributed by atoms with Crippen molar-refractivity contribution in [3.63, 3.8) is 0 Å². The van der Waals surface area contributed by atoms with Crippen molar-refractivity contribution in [1.82, 2.24) is 0 Å². The van der Waals surface area contributed by atoms with Gasteiger partial charge in [-0.2, -0.15) is 0 Å². The van der Waals surface area contributed by atoms with Crippen LogP contribution < -0.4 is 4.74 Å². The van der Waals surface area contributed by atoms with Gasteiger partial charge in [-0.15, -0.1) is 0 Å². The molecule has 0 unspecified atom stereocenters. The van der Waals surface area contributed by atoms with Gasteiger partial charge in [-0.25, -0.2) is 4.39 Å². The van der Waals surface area contributed by atoms with E-state index >= 15 is 0 Å². The Hall–Kier alpha value is -0.870. The van der Waals surface area contributed by atoms with Gasteiger partial charge in [-0.1, -0.05) is 28.1 Å². The molecule has 0 aliphatic carbocycles. The number of ether oxygens (including phenoxy) is 1. The highest BCUT2D eigenvalue weighted by Gasteiger charge is 2.05. The summed E-state index contributed by atoms with van der Waals surface area (Å²) in [6, 6.07) is 10.6. The fourth-order valence-electron chi connectivity index (χ4n) is 1.58. The van der Waals surface area contributed by atoms with Crippen molar-refractivity contribution >= 4 is 31.9 Å². The highest BCUT2D eigenvalue weighted by Crippen LogP contribution is 2.28. The minimum atomic E-state index is -0.331. The molecule has 0 heterocycles. The molecule has 0 atom stereocenters. The number of aryl methyl sites for hydroxylation is 1. The molecule has 0 radical (unpaired) electrons. The largest absolute Gasteiger partial charge is 0.457 e. The van der Waals surface area contributed by atoms with Gasteiger partial charge in [0.1, 0.15) is 17.3 Å². The highest BCUT2D eigenvalue weighted by molar-refractivity contribution is 9.10. The third-order valence-corrected chi connectivity index (χ3v) is 3.80. The van der Waals surface area contributed by atoms with E-state index in [9.17, 15) is 4.39 Å². The molecule has 2 aromatic carbocycles. The van der Waals surface area contributed by atoms with Crippen LogP contribution >= 0.6 is 31.9 Å². The summed E-state index contributed by atoms with van der Waals surface area (Å²) in [5, 5.41) is 0.807. The highest BCUT2D eigenvalue weighted by atomic mass is 79.9. The molecular weight excluding hydrogens is 363 g/mol. The molecule has 1 nitrogen and oxygen atoms in total. The Morgan fingerprint density at radius 3 is 2.56 bits per heavy atom. The van der Waals surface area contributed by atoms with Crippen LogP contribution in [0, 0.1) is 12.7 Å². The second-order valence-electron chi connectivity index (χ2n) is 3.91. The fourth-order valence-corrected chi connectivity index (χ4v) is 2.17. The maximum Gasteiger partial charge on any atom is 0.141 e. The maximum atomic E-state index is 13.4. The first-order valence-electron chi connectivity index (χ1n) is 5.38. The Kier molecular flexibility index (Phi) is 4.40. The summed E-state index contributed by atoms with van der Waals surface area (Å²) in [6.07, 6.45) is 0. The monoisotopic (exact) mass is 372 g/mol. The molecule has 0 N–H and O–H groups in total. The van der Waals surface area contributed by atoms with Gasteiger partial charge in [0.2, 0.25) is 0 Å². The molecule has 0 bridgehead atoms. The summed E-state index contributed by atoms with van der Waals surface area (Å²) in [5.74, 6) is 0.897. The second kappa shape index (κ2) is 5.85. The van der Waals surface area contributed by atoms with Crippen LogP contribution in [0.15, 0.2) is 40.9 Å². The zero-order chi connectivity index (χ0) is 13.1. The summed E-state index contributed by atoms with van der Waals surface area (Å²) < 4.78 is 19.5. The molecule has 18 heavy (non-hydrogen) atoms. The van der Waals surface area contributed by atoms with Gasteiger partial charge in [0.15, 0.2) is 0 Å². The lowest BCUT2D eigenvalue weighted by atomic mass is 10.1. The standard InChI is InChI=1S/C14H11Br2FO/c1-9-6-10(8-15)2-5-14(9)18-11-3-4-12(16)13(17)7-11/h2-7H,8H2,1H3. The first kappa shape index (κ1) is 13.6. The van der Waals surface area contributed by atoms with Crippen molar-refractivity contribution in [2.75, 3.05) is 0 Å². The van der Waals surface area contributed by atoms with Crippen molar-refractivity contribution in [3.8, 4) is 11.5 Å². The normalized spacial score (nSPS) is 10.4. The van der Waals surface area contributed by atoms with Crippen molar-refractivity contribution in [2.45, 2.75) is 12.3 Å². The van der Waals surface area contributed by atoms with Gasteiger partial charge < -0.3 is 4.74 Å². The zero-order valence-corrected chi connectivity index (χ0v) is 12.9. The average Bonchev–Trinajstić information content (AvgIpc) is 2.36. The minimum absolute atomic E-state index is 0.331. The lowest BCUT2D eigenvalue weighted by Gasteiger charge is -2.10. The van der Waals surface area contributed by atoms with Gasteiger partial charge in [0.25, 0.3) is 0 Å². The van der Waals surface area contributed by atoms with Crippen LogP contribution in [0.25, 0.3) is 0 Å². The number of halogens is 3. The smallest absolute Gasteiger partial charge is 0.141 e. The Morgan fingerprint density at radius 2 is 1.94 bits per heavy atom. The molecule has 0 aromatic heterocycles. The van der Waals surface area contributed by atoms with Crippen LogP contribution in [-0.4, -0.2) is 0 Å². The lowest BCUT2D eigenvalue weighted by Crippen LogP contribution is -1.90. The summed E-state index contributed by atoms with van der Waals surface area (Å²) in [5.41, 5.74) is 2.21. The van der Waals surface area contributed by atoms with E-state index in [1.165, 1.54) is 11.6 Å². The number of alkyl halides is 1. The molecule has 0 amide bonds. The van der Waals surface area contributed by atoms with E-state index < -0.39 is 0 Å². The van der Waals surface area contributed by atoms with E-state index in [1.807, 2.05) is 25.1 Å². The topological polar surface area (TPSA) is 9.23 Å². The molecular formula is C14H11Br2FO.